The second-order valence-corrected chi connectivity index (χ2v) is 26.7. The molecule has 4 heteroatoms. The molecule has 0 fully saturated rings. The highest BCUT2D eigenvalue weighted by molar-refractivity contribution is 7.26. The van der Waals surface area contributed by atoms with Gasteiger partial charge >= 0.3 is 0 Å². The largest absolute Gasteiger partial charge is 0.472 e. The van der Waals surface area contributed by atoms with E-state index >= 15 is 0 Å². The van der Waals surface area contributed by atoms with Gasteiger partial charge in [-0.1, -0.05) is 173 Å². The van der Waals surface area contributed by atoms with Gasteiger partial charge in [-0.15, -0.1) is 11.3 Å². The number of furan rings is 1. The molecule has 1 atom stereocenters. The SMILES string of the molecule is [2H]c1c([2H])c([2H])c2c(c1[2H])-c1c([2H])c([2H])c(C3c4c([2H])c(C)c([2H])c5c4B(c4oc6c(c4N5c4c([2H])c([2H])c5c(c4[2H])C(C)(C)c4c([2H])c([2H])c([2H])c([2H])c4-5)C(C)(C)CCC6(C)C)c4c3c([2H])c3sc5c([2H])c6c(c([2H])c5c3c4[2H])C(C)(C)CCC6(C)C)c([2H])c1C2(C)C. The lowest BCUT2D eigenvalue weighted by Gasteiger charge is -2.43. The van der Waals surface area contributed by atoms with Gasteiger partial charge in [0.05, 0.1) is 38.8 Å². The van der Waals surface area contributed by atoms with Gasteiger partial charge in [-0.05, 0) is 174 Å². The summed E-state index contributed by atoms with van der Waals surface area (Å²) in [6, 6.07) is -7.02. The Morgan fingerprint density at radius 1 is 0.541 bits per heavy atom. The minimum atomic E-state index is -1.61. The van der Waals surface area contributed by atoms with Crippen LogP contribution in [-0.2, 0) is 32.5 Å². The Kier molecular flexibility index (Phi) is 5.63. The van der Waals surface area contributed by atoms with Gasteiger partial charge in [0.15, 0.2) is 0 Å². The quantitative estimate of drug-likeness (QED) is 0.161. The van der Waals surface area contributed by atoms with Gasteiger partial charge in [-0.3, -0.25) is 0 Å². The van der Waals surface area contributed by atoms with Gasteiger partial charge in [-0.25, -0.2) is 0 Å². The number of rotatable bonds is 2. The first-order valence-corrected chi connectivity index (χ1v) is 27.0. The van der Waals surface area contributed by atoms with Crippen molar-refractivity contribution in [1.82, 2.24) is 0 Å². The third-order valence-corrected chi connectivity index (χ3v) is 19.3. The van der Waals surface area contributed by atoms with E-state index in [2.05, 4.69) is 41.5 Å². The molecule has 0 amide bonds. The fraction of sp³-hybridized carbons (Fsp3) is 0.343. The smallest absolute Gasteiger partial charge is 0.293 e. The van der Waals surface area contributed by atoms with Crippen LogP contribution in [0.15, 0.2) is 125 Å². The van der Waals surface area contributed by atoms with E-state index in [9.17, 15) is 21.9 Å². The van der Waals surface area contributed by atoms with Crippen molar-refractivity contribution in [2.45, 2.75) is 154 Å². The molecule has 6 aliphatic rings. The van der Waals surface area contributed by atoms with Crippen molar-refractivity contribution in [3.63, 3.8) is 0 Å². The minimum absolute atomic E-state index is 0.00481. The van der Waals surface area contributed by atoms with E-state index in [4.69, 9.17) is 9.90 Å². The summed E-state index contributed by atoms with van der Waals surface area (Å²) in [6.45, 7) is 23.6. The lowest BCUT2D eigenvalue weighted by Crippen LogP contribution is -2.61. The highest BCUT2D eigenvalue weighted by Crippen LogP contribution is 2.58. The summed E-state index contributed by atoms with van der Waals surface area (Å²) in [5.41, 5.74) is -2.41. The lowest BCUT2D eigenvalue weighted by molar-refractivity contribution is 0.282. The van der Waals surface area contributed by atoms with Gasteiger partial charge in [0.2, 0.25) is 0 Å². The molecule has 368 valence electrons. The molecule has 0 saturated heterocycles. The zero-order valence-electron chi connectivity index (χ0n) is 64.2. The van der Waals surface area contributed by atoms with Crippen LogP contribution >= 0.6 is 11.3 Å². The van der Waals surface area contributed by atoms with E-state index in [1.165, 1.54) is 0 Å². The second kappa shape index (κ2) is 14.2. The lowest BCUT2D eigenvalue weighted by atomic mass is 9.32. The number of benzene rings is 7. The third-order valence-electron chi connectivity index (χ3n) is 18.3. The molecule has 74 heavy (non-hydrogen) atoms. The predicted octanol–water partition coefficient (Wildman–Crippen LogP) is 17.1. The molecule has 1 unspecified atom stereocenters. The molecule has 4 aliphatic carbocycles. The van der Waals surface area contributed by atoms with E-state index < -0.39 is 106 Å². The van der Waals surface area contributed by atoms with Crippen molar-refractivity contribution < 1.29 is 31.8 Å². The van der Waals surface area contributed by atoms with Crippen LogP contribution in [0.1, 0.15) is 209 Å². The monoisotopic (exact) mass is 1000 g/mol. The highest BCUT2D eigenvalue weighted by Gasteiger charge is 2.53. The normalized spacial score (nSPS) is 24.5. The number of nitrogens with zero attached hydrogens (tertiary/aromatic N) is 1. The molecule has 0 spiro atoms. The Balaban J connectivity index is 1.17. The molecule has 2 aliphatic heterocycles. The molecule has 2 aromatic heterocycles. The Hall–Kier alpha value is -6.10. The first-order valence-electron chi connectivity index (χ1n) is 36.1. The number of hydrogen-bond acceptors (Lipinski definition) is 3. The summed E-state index contributed by atoms with van der Waals surface area (Å²) in [4.78, 5) is 1.61. The molecule has 15 rings (SSSR count). The maximum atomic E-state index is 11.2. The number of anilines is 3. The number of fused-ring (bicyclic) bond motifs is 16. The second-order valence-electron chi connectivity index (χ2n) is 25.7. The van der Waals surface area contributed by atoms with Crippen LogP contribution in [0.25, 0.3) is 42.4 Å². The van der Waals surface area contributed by atoms with Crippen LogP contribution in [0.3, 0.4) is 0 Å². The van der Waals surface area contributed by atoms with Crippen molar-refractivity contribution in [2.75, 3.05) is 4.90 Å². The van der Waals surface area contributed by atoms with Crippen LogP contribution in [-0.4, -0.2) is 6.71 Å². The topological polar surface area (TPSA) is 16.4 Å². The Labute approximate surface area is 471 Å². The van der Waals surface area contributed by atoms with Gasteiger partial charge in [-0.2, -0.15) is 0 Å². The van der Waals surface area contributed by atoms with Crippen molar-refractivity contribution in [1.29, 1.82) is 0 Å². The minimum Gasteiger partial charge on any atom is -0.472 e. The molecule has 4 heterocycles. The zero-order chi connectivity index (χ0) is 68.5. The van der Waals surface area contributed by atoms with E-state index in [-0.39, 0.29) is 165 Å². The predicted molar refractivity (Wildman–Crippen MR) is 315 cm³/mol. The first kappa shape index (κ1) is 29.3. The molecule has 0 N–H and O–H groups in total. The summed E-state index contributed by atoms with van der Waals surface area (Å²) in [7, 11) is 0. The van der Waals surface area contributed by atoms with Gasteiger partial charge in [0.25, 0.3) is 6.71 Å². The highest BCUT2D eigenvalue weighted by atomic mass is 32.1. The number of hydrogen-bond donors (Lipinski definition) is 0. The summed E-state index contributed by atoms with van der Waals surface area (Å²) in [5.74, 6) is -1.09. The average Bonchev–Trinajstić information content (AvgIpc) is 1.28. The maximum absolute atomic E-state index is 11.2. The molecular formula is C70H68BNOS. The van der Waals surface area contributed by atoms with Crippen LogP contribution < -0.4 is 21.5 Å². The van der Waals surface area contributed by atoms with E-state index in [0.29, 0.717) is 51.9 Å². The van der Waals surface area contributed by atoms with Crippen molar-refractivity contribution >= 4 is 71.9 Å². The van der Waals surface area contributed by atoms with Crippen LogP contribution in [0.4, 0.5) is 17.1 Å². The molecule has 0 radical (unpaired) electrons. The van der Waals surface area contributed by atoms with Crippen molar-refractivity contribution in [3.8, 4) is 22.3 Å². The molecular weight excluding hydrogens is 914 g/mol. The molecule has 0 bridgehead atoms. The van der Waals surface area contributed by atoms with Crippen molar-refractivity contribution in [3.05, 3.63) is 188 Å². The molecule has 7 aromatic carbocycles. The van der Waals surface area contributed by atoms with E-state index in [0.717, 1.165) is 23.3 Å². The van der Waals surface area contributed by atoms with Crippen LogP contribution in [0.2, 0.25) is 0 Å². The van der Waals surface area contributed by atoms with Crippen LogP contribution in [0.5, 0.6) is 0 Å². The van der Waals surface area contributed by atoms with Gasteiger partial charge in [0, 0.05) is 53.9 Å². The molecule has 0 saturated carbocycles. The van der Waals surface area contributed by atoms with Crippen LogP contribution in [0, 0.1) is 6.92 Å². The first-order chi connectivity index (χ1) is 43.5. The van der Waals surface area contributed by atoms with E-state index in [1.54, 1.807) is 39.5 Å². The van der Waals surface area contributed by atoms with Gasteiger partial charge in [0.1, 0.15) is 5.76 Å². The number of thiophene rings is 1. The molecule has 9 aromatic rings. The Morgan fingerprint density at radius 2 is 1.11 bits per heavy atom. The van der Waals surface area contributed by atoms with Crippen molar-refractivity contribution in [2.24, 2.45) is 0 Å². The summed E-state index contributed by atoms with van der Waals surface area (Å²) >= 11 is 1.12. The molecule has 2 nitrogen and oxygen atoms in total. The summed E-state index contributed by atoms with van der Waals surface area (Å²) < 4.78 is 207. The average molecular weight is 1000 g/mol. The fourth-order valence-corrected chi connectivity index (χ4v) is 14.9. The fourth-order valence-electron chi connectivity index (χ4n) is 13.9. The standard InChI is InChI=1S/C70H68BNOS/c1-38-30-48-59(39-22-24-43-41-18-14-16-20-49(41)69(10,11)51(43)32-39)47-36-57-46(45-34-53-54(37-58(45)74-57)66(4,5)27-26-65(53,2)3)35-55(47)71-61(48)56(31-38)72(62-60-63(73-64(62)71)68(8,9)29-28-67(60,6)7)40-23-25-44-42-19-15-17-21-50(42)70(12,13)52(44)33-40/h14-25,30-37,59H,26-29H2,1-13H3/i14D,15D,16D,17D,18D,19D,20D,21D,22D,23D,24D,25D,30D,31D,32D,33D,34D,35D,36D,37D. The maximum Gasteiger partial charge on any atom is 0.293 e. The third kappa shape index (κ3) is 5.74. The Bertz CT molecular complexity index is 5200. The summed E-state index contributed by atoms with van der Waals surface area (Å²) in [5, 5.41) is 0.515. The summed E-state index contributed by atoms with van der Waals surface area (Å²) in [6.07, 6.45) is 2.66. The zero-order valence-corrected chi connectivity index (χ0v) is 45.1. The Morgan fingerprint density at radius 3 is 1.80 bits per heavy atom. The van der Waals surface area contributed by atoms with E-state index in [1.807, 2.05) is 13.8 Å². The van der Waals surface area contributed by atoms with Gasteiger partial charge < -0.3 is 9.32 Å².